The Morgan fingerprint density at radius 1 is 1.28 bits per heavy atom. The smallest absolute Gasteiger partial charge is 0.191 e. The molecule has 0 amide bonds. The molecular weight excluding hydrogens is 354 g/mol. The summed E-state index contributed by atoms with van der Waals surface area (Å²) in [6.07, 6.45) is 6.05. The first kappa shape index (κ1) is 19.7. The molecule has 2 aromatic heterocycles. The van der Waals surface area contributed by atoms with Crippen molar-refractivity contribution in [1.82, 2.24) is 30.4 Å². The Labute approximate surface area is 157 Å². The third-order valence-corrected chi connectivity index (χ3v) is 5.35. The summed E-state index contributed by atoms with van der Waals surface area (Å²) < 4.78 is 1.97. The van der Waals surface area contributed by atoms with Gasteiger partial charge in [0.25, 0.3) is 0 Å². The average Bonchev–Trinajstić information content (AvgIpc) is 3.15. The van der Waals surface area contributed by atoms with Crippen molar-refractivity contribution in [3.8, 4) is 0 Å². The number of thioether (sulfide) groups is 1. The molecule has 0 bridgehead atoms. The van der Waals surface area contributed by atoms with Gasteiger partial charge in [0, 0.05) is 37.6 Å². The Bertz CT molecular complexity index is 678. The lowest BCUT2D eigenvalue weighted by Crippen LogP contribution is -2.39. The van der Waals surface area contributed by atoms with E-state index in [4.69, 9.17) is 0 Å². The molecule has 0 aliphatic carbocycles. The molecule has 0 aliphatic heterocycles. The predicted octanol–water partition coefficient (Wildman–Crippen LogP) is 1.92. The fraction of sp³-hybridized carbons (Fsp3) is 0.625. The minimum atomic E-state index is 0.506. The van der Waals surface area contributed by atoms with Crippen molar-refractivity contribution in [2.45, 2.75) is 33.2 Å². The van der Waals surface area contributed by atoms with Crippen LogP contribution in [0.4, 0.5) is 0 Å². The molecule has 0 spiro atoms. The van der Waals surface area contributed by atoms with Crippen LogP contribution in [0.2, 0.25) is 0 Å². The van der Waals surface area contributed by atoms with Crippen LogP contribution in [0.3, 0.4) is 0 Å². The van der Waals surface area contributed by atoms with E-state index < -0.39 is 0 Å². The highest BCUT2D eigenvalue weighted by atomic mass is 32.2. The zero-order valence-electron chi connectivity index (χ0n) is 15.4. The Balaban J connectivity index is 1.88. The number of aliphatic imine (C=N–C) groups is 1. The van der Waals surface area contributed by atoms with Gasteiger partial charge in [-0.1, -0.05) is 0 Å². The zero-order valence-corrected chi connectivity index (χ0v) is 17.0. The molecule has 0 unspecified atom stereocenters. The topological polar surface area (TPSA) is 80.0 Å². The highest BCUT2D eigenvalue weighted by Crippen LogP contribution is 2.10. The average molecular weight is 382 g/mol. The van der Waals surface area contributed by atoms with E-state index in [9.17, 15) is 0 Å². The highest BCUT2D eigenvalue weighted by Gasteiger charge is 2.06. The van der Waals surface area contributed by atoms with Crippen LogP contribution in [0.5, 0.6) is 0 Å². The van der Waals surface area contributed by atoms with Gasteiger partial charge in [0.05, 0.1) is 5.01 Å². The van der Waals surface area contributed by atoms with Crippen LogP contribution in [0, 0.1) is 13.8 Å². The number of guanidine groups is 1. The summed E-state index contributed by atoms with van der Waals surface area (Å²) in [5.41, 5.74) is 0. The van der Waals surface area contributed by atoms with Crippen molar-refractivity contribution in [3.05, 3.63) is 27.7 Å². The Kier molecular flexibility index (Phi) is 8.20. The zero-order chi connectivity index (χ0) is 18.1. The molecule has 0 radical (unpaired) electrons. The maximum atomic E-state index is 4.65. The molecule has 0 aromatic carbocycles. The standard InChI is InChI=1S/C16H27N7S2/c1-12-10-19-15(25-12)6-8-18-16(17-7-5-9-24-4)20-11-14-22-21-13(2)23(14)3/h10H,5-9,11H2,1-4H3,(H2,17,18,20). The van der Waals surface area contributed by atoms with Crippen LogP contribution in [-0.4, -0.2) is 50.8 Å². The third kappa shape index (κ3) is 6.66. The molecule has 2 rings (SSSR count). The van der Waals surface area contributed by atoms with Crippen LogP contribution >= 0.6 is 23.1 Å². The Morgan fingerprint density at radius 3 is 2.72 bits per heavy atom. The van der Waals surface area contributed by atoms with E-state index in [1.165, 1.54) is 4.88 Å². The first-order valence-corrected chi connectivity index (χ1v) is 10.6. The van der Waals surface area contributed by atoms with Gasteiger partial charge in [-0.2, -0.15) is 11.8 Å². The lowest BCUT2D eigenvalue weighted by atomic mass is 10.4. The molecule has 7 nitrogen and oxygen atoms in total. The van der Waals surface area contributed by atoms with E-state index in [0.29, 0.717) is 6.54 Å². The van der Waals surface area contributed by atoms with Gasteiger partial charge in [-0.25, -0.2) is 9.98 Å². The molecule has 2 aromatic rings. The SMILES string of the molecule is CSCCCNC(=NCc1nnc(C)n1C)NCCc1ncc(C)s1. The van der Waals surface area contributed by atoms with E-state index in [1.54, 1.807) is 11.3 Å². The lowest BCUT2D eigenvalue weighted by molar-refractivity contribution is 0.741. The van der Waals surface area contributed by atoms with Gasteiger partial charge in [-0.05, 0) is 32.3 Å². The predicted molar refractivity (Wildman–Crippen MR) is 106 cm³/mol. The van der Waals surface area contributed by atoms with Gasteiger partial charge in [-0.3, -0.25) is 0 Å². The molecule has 25 heavy (non-hydrogen) atoms. The van der Waals surface area contributed by atoms with Crippen LogP contribution < -0.4 is 10.6 Å². The number of aryl methyl sites for hydroxylation is 2. The largest absolute Gasteiger partial charge is 0.356 e. The second-order valence-corrected chi connectivity index (χ2v) is 8.01. The van der Waals surface area contributed by atoms with Crippen LogP contribution in [0.25, 0.3) is 0 Å². The number of rotatable bonds is 9. The van der Waals surface area contributed by atoms with E-state index in [1.807, 2.05) is 36.5 Å². The van der Waals surface area contributed by atoms with E-state index in [0.717, 1.165) is 54.3 Å². The van der Waals surface area contributed by atoms with Gasteiger partial charge in [0.15, 0.2) is 11.8 Å². The summed E-state index contributed by atoms with van der Waals surface area (Å²) in [6, 6.07) is 0. The highest BCUT2D eigenvalue weighted by molar-refractivity contribution is 7.98. The van der Waals surface area contributed by atoms with Crippen LogP contribution in [0.15, 0.2) is 11.2 Å². The van der Waals surface area contributed by atoms with Crippen molar-refractivity contribution in [1.29, 1.82) is 0 Å². The molecule has 0 fully saturated rings. The van der Waals surface area contributed by atoms with E-state index in [-0.39, 0.29) is 0 Å². The van der Waals surface area contributed by atoms with Crippen molar-refractivity contribution in [3.63, 3.8) is 0 Å². The normalized spacial score (nSPS) is 11.8. The van der Waals surface area contributed by atoms with Crippen LogP contribution in [0.1, 0.15) is 28.0 Å². The van der Waals surface area contributed by atoms with Gasteiger partial charge in [0.1, 0.15) is 12.4 Å². The summed E-state index contributed by atoms with van der Waals surface area (Å²) in [5, 5.41) is 16.2. The second kappa shape index (κ2) is 10.4. The maximum Gasteiger partial charge on any atom is 0.191 e. The molecule has 9 heteroatoms. The molecule has 138 valence electrons. The van der Waals surface area contributed by atoms with Gasteiger partial charge in [-0.15, -0.1) is 21.5 Å². The van der Waals surface area contributed by atoms with Gasteiger partial charge in [0.2, 0.25) is 0 Å². The number of hydrogen-bond donors (Lipinski definition) is 2. The Hall–Kier alpha value is -1.61. The molecule has 0 saturated heterocycles. The number of nitrogens with zero attached hydrogens (tertiary/aromatic N) is 5. The fourth-order valence-electron chi connectivity index (χ4n) is 2.14. The fourth-order valence-corrected chi connectivity index (χ4v) is 3.36. The molecule has 0 saturated carbocycles. The second-order valence-electron chi connectivity index (χ2n) is 5.70. The number of nitrogens with one attached hydrogen (secondary N) is 2. The number of thiazole rings is 1. The quantitative estimate of drug-likeness (QED) is 0.392. The van der Waals surface area contributed by atoms with Crippen molar-refractivity contribution >= 4 is 29.1 Å². The van der Waals surface area contributed by atoms with Gasteiger partial charge >= 0.3 is 0 Å². The number of aromatic nitrogens is 4. The van der Waals surface area contributed by atoms with Gasteiger partial charge < -0.3 is 15.2 Å². The summed E-state index contributed by atoms with van der Waals surface area (Å²) in [6.45, 7) is 6.24. The summed E-state index contributed by atoms with van der Waals surface area (Å²) in [4.78, 5) is 10.3. The maximum absolute atomic E-state index is 4.65. The monoisotopic (exact) mass is 381 g/mol. The van der Waals surface area contributed by atoms with E-state index in [2.05, 4.69) is 44.0 Å². The first-order valence-electron chi connectivity index (χ1n) is 8.37. The molecule has 0 aliphatic rings. The molecule has 2 heterocycles. The summed E-state index contributed by atoms with van der Waals surface area (Å²) >= 11 is 3.60. The third-order valence-electron chi connectivity index (χ3n) is 3.68. The van der Waals surface area contributed by atoms with Crippen molar-refractivity contribution < 1.29 is 0 Å². The summed E-state index contributed by atoms with van der Waals surface area (Å²) in [7, 11) is 1.96. The van der Waals surface area contributed by atoms with Crippen molar-refractivity contribution in [2.24, 2.45) is 12.0 Å². The first-order chi connectivity index (χ1) is 12.1. The van der Waals surface area contributed by atoms with Crippen LogP contribution in [-0.2, 0) is 20.0 Å². The lowest BCUT2D eigenvalue weighted by Gasteiger charge is -2.12. The molecule has 0 atom stereocenters. The summed E-state index contributed by atoms with van der Waals surface area (Å²) in [5.74, 6) is 3.71. The molecule has 2 N–H and O–H groups in total. The van der Waals surface area contributed by atoms with E-state index >= 15 is 0 Å². The van der Waals surface area contributed by atoms with Crippen molar-refractivity contribution in [2.75, 3.05) is 25.1 Å². The number of hydrogen-bond acceptors (Lipinski definition) is 6. The molecular formula is C16H27N7S2. The minimum Gasteiger partial charge on any atom is -0.356 e. The Morgan fingerprint density at radius 2 is 2.08 bits per heavy atom. The minimum absolute atomic E-state index is 0.506.